The molecule has 0 unspecified atom stereocenters. The lowest BCUT2D eigenvalue weighted by Crippen LogP contribution is -2.29. The molecular weight excluding hydrogens is 199 g/mol. The summed E-state index contributed by atoms with van der Waals surface area (Å²) in [5.74, 6) is 0. The Morgan fingerprint density at radius 3 is 2.15 bits per heavy atom. The highest BCUT2D eigenvalue weighted by atomic mass is 31.2. The van der Waals surface area contributed by atoms with Crippen molar-refractivity contribution < 1.29 is 24.9 Å². The van der Waals surface area contributed by atoms with Gasteiger partial charge in [-0.05, 0) is 0 Å². The molecule has 7 nitrogen and oxygen atoms in total. The van der Waals surface area contributed by atoms with Gasteiger partial charge in [0.05, 0.1) is 19.8 Å². The zero-order valence-electron chi connectivity index (χ0n) is 6.96. The summed E-state index contributed by atoms with van der Waals surface area (Å²) < 4.78 is 0. The zero-order chi connectivity index (χ0) is 10.3. The predicted molar refractivity (Wildman–Crippen MR) is 48.1 cm³/mol. The summed E-state index contributed by atoms with van der Waals surface area (Å²) in [5, 5.41) is 19.1. The van der Waals surface area contributed by atoms with Gasteiger partial charge in [0.25, 0.3) is 0 Å². The van der Waals surface area contributed by atoms with Crippen LogP contribution in [-0.2, 0) is 0 Å². The van der Waals surface area contributed by atoms with E-state index in [-0.39, 0.29) is 26.3 Å². The summed E-state index contributed by atoms with van der Waals surface area (Å²) in [6.07, 6.45) is 0. The molecule has 0 aromatic carbocycles. The third-order valence-electron chi connectivity index (χ3n) is 1.04. The number of nitrogens with one attached hydrogen (secondary N) is 1. The van der Waals surface area contributed by atoms with Crippen molar-refractivity contribution in [2.24, 2.45) is 4.99 Å². The van der Waals surface area contributed by atoms with Crippen LogP contribution in [0.25, 0.3) is 0 Å². The molecule has 0 heterocycles. The Morgan fingerprint density at radius 1 is 1.15 bits per heavy atom. The van der Waals surface area contributed by atoms with E-state index in [0.717, 1.165) is 0 Å². The molecule has 0 saturated heterocycles. The van der Waals surface area contributed by atoms with Crippen LogP contribution in [-0.4, -0.2) is 56.8 Å². The fourth-order valence-electron chi connectivity index (χ4n) is 0.580. The number of hydrogen-bond donors (Lipinski definition) is 6. The van der Waals surface area contributed by atoms with Gasteiger partial charge < -0.3 is 15.5 Å². The SMILES string of the molecule is OCCN=C(NCCO)[P+](O)(O)O. The van der Waals surface area contributed by atoms with Crippen LogP contribution in [0.3, 0.4) is 0 Å². The van der Waals surface area contributed by atoms with Gasteiger partial charge in [-0.2, -0.15) is 14.7 Å². The van der Waals surface area contributed by atoms with Crippen molar-refractivity contribution in [3.8, 4) is 0 Å². The van der Waals surface area contributed by atoms with Gasteiger partial charge in [-0.3, -0.25) is 0 Å². The second-order valence-corrected chi connectivity index (χ2v) is 3.71. The number of amidine groups is 1. The van der Waals surface area contributed by atoms with Gasteiger partial charge in [0, 0.05) is 6.54 Å². The second-order valence-electron chi connectivity index (χ2n) is 2.15. The average Bonchev–Trinajstić information content (AvgIpc) is 2.02. The maximum atomic E-state index is 8.80. The Bertz CT molecular complexity index is 169. The van der Waals surface area contributed by atoms with Crippen LogP contribution in [0.5, 0.6) is 0 Å². The summed E-state index contributed by atoms with van der Waals surface area (Å²) in [4.78, 5) is 29.9. The van der Waals surface area contributed by atoms with Crippen molar-refractivity contribution in [1.29, 1.82) is 0 Å². The number of hydrogen-bond acceptors (Lipinski definition) is 6. The van der Waals surface area contributed by atoms with Gasteiger partial charge in [-0.1, -0.05) is 0 Å². The van der Waals surface area contributed by atoms with Crippen molar-refractivity contribution in [3.63, 3.8) is 0 Å². The topological polar surface area (TPSA) is 126 Å². The monoisotopic (exact) mass is 213 g/mol. The van der Waals surface area contributed by atoms with Crippen molar-refractivity contribution >= 4 is 13.5 Å². The summed E-state index contributed by atoms with van der Waals surface area (Å²) in [7, 11) is -4.17. The Labute approximate surface area is 76.0 Å². The molecule has 0 aromatic heterocycles. The van der Waals surface area contributed by atoms with E-state index < -0.39 is 13.5 Å². The number of rotatable bonds is 5. The third kappa shape index (κ3) is 5.87. The van der Waals surface area contributed by atoms with Crippen LogP contribution in [0.2, 0.25) is 0 Å². The van der Waals surface area contributed by atoms with E-state index in [0.29, 0.717) is 0 Å². The van der Waals surface area contributed by atoms with Crippen molar-refractivity contribution in [1.82, 2.24) is 5.32 Å². The summed E-state index contributed by atoms with van der Waals surface area (Å²) in [6.45, 7) is -0.479. The van der Waals surface area contributed by atoms with Crippen molar-refractivity contribution in [2.75, 3.05) is 26.3 Å². The maximum absolute atomic E-state index is 8.80. The normalized spacial score (nSPS) is 13.2. The largest absolute Gasteiger partial charge is 0.479 e. The summed E-state index contributed by atoms with van der Waals surface area (Å²) in [5.41, 5.74) is -0.393. The highest BCUT2D eigenvalue weighted by Gasteiger charge is 2.39. The Balaban J connectivity index is 4.19. The van der Waals surface area contributed by atoms with E-state index in [1.165, 1.54) is 0 Å². The molecule has 0 aliphatic rings. The van der Waals surface area contributed by atoms with Crippen molar-refractivity contribution in [3.05, 3.63) is 0 Å². The van der Waals surface area contributed by atoms with E-state index in [9.17, 15) is 0 Å². The minimum absolute atomic E-state index is 0.0445. The highest BCUT2D eigenvalue weighted by Crippen LogP contribution is 2.44. The molecule has 6 N–H and O–H groups in total. The van der Waals surface area contributed by atoms with Crippen LogP contribution >= 0.6 is 7.94 Å². The van der Waals surface area contributed by atoms with Crippen LogP contribution in [0.15, 0.2) is 4.99 Å². The van der Waals surface area contributed by atoms with Crippen LogP contribution < -0.4 is 5.32 Å². The molecule has 0 aliphatic carbocycles. The van der Waals surface area contributed by atoms with Crippen LogP contribution in [0, 0.1) is 0 Å². The number of aliphatic hydroxyl groups is 2. The molecule has 0 aliphatic heterocycles. The second kappa shape index (κ2) is 6.20. The minimum atomic E-state index is -4.17. The first kappa shape index (κ1) is 12.7. The molecule has 0 bridgehead atoms. The van der Waals surface area contributed by atoms with E-state index in [2.05, 4.69) is 10.3 Å². The van der Waals surface area contributed by atoms with Crippen LogP contribution in [0.1, 0.15) is 0 Å². The molecule has 0 atom stereocenters. The van der Waals surface area contributed by atoms with E-state index in [1.54, 1.807) is 0 Å². The van der Waals surface area contributed by atoms with Gasteiger partial charge in [-0.25, -0.2) is 4.99 Å². The minimum Gasteiger partial charge on any atom is -0.395 e. The molecule has 0 fully saturated rings. The average molecular weight is 213 g/mol. The van der Waals surface area contributed by atoms with Crippen molar-refractivity contribution in [2.45, 2.75) is 0 Å². The van der Waals surface area contributed by atoms with E-state index >= 15 is 0 Å². The molecule has 8 heteroatoms. The fraction of sp³-hybridized carbons (Fsp3) is 0.800. The Hall–Kier alpha value is -0.300. The smallest absolute Gasteiger partial charge is 0.395 e. The quantitative estimate of drug-likeness (QED) is 0.172. The number of aliphatic hydroxyl groups excluding tert-OH is 2. The first-order valence-corrected chi connectivity index (χ1v) is 5.25. The van der Waals surface area contributed by atoms with Gasteiger partial charge in [0.15, 0.2) is 0 Å². The molecule has 0 rings (SSSR count). The van der Waals surface area contributed by atoms with Gasteiger partial charge in [0.1, 0.15) is 0 Å². The molecule has 0 amide bonds. The van der Waals surface area contributed by atoms with Gasteiger partial charge in [0.2, 0.25) is 0 Å². The standard InChI is InChI=1S/C5H14N2O5P/c8-3-1-6-5(7-2-4-9)13(10,11)12/h8-12H,1-4H2,(H,6,7)/q+1. The first-order chi connectivity index (χ1) is 6.02. The van der Waals surface area contributed by atoms with Gasteiger partial charge >= 0.3 is 13.5 Å². The molecule has 0 spiro atoms. The molecular formula is C5H14N2O5P+. The number of nitrogens with zero attached hydrogens (tertiary/aromatic N) is 1. The first-order valence-electron chi connectivity index (χ1n) is 3.60. The number of aliphatic imine (C=N–C) groups is 1. The fourth-order valence-corrected chi connectivity index (χ4v) is 1.19. The zero-order valence-corrected chi connectivity index (χ0v) is 7.85. The predicted octanol–water partition coefficient (Wildman–Crippen LogP) is -2.34. The van der Waals surface area contributed by atoms with Crippen LogP contribution in [0.4, 0.5) is 0 Å². The summed E-state index contributed by atoms with van der Waals surface area (Å²) >= 11 is 0. The highest BCUT2D eigenvalue weighted by molar-refractivity contribution is 7.76. The Kier molecular flexibility index (Phi) is 6.06. The third-order valence-corrected chi connectivity index (χ3v) is 1.91. The molecule has 78 valence electrons. The lowest BCUT2D eigenvalue weighted by atomic mass is 10.7. The molecule has 0 aromatic rings. The van der Waals surface area contributed by atoms with E-state index in [4.69, 9.17) is 24.9 Å². The Morgan fingerprint density at radius 2 is 1.77 bits per heavy atom. The molecule has 13 heavy (non-hydrogen) atoms. The molecule has 0 saturated carbocycles. The lowest BCUT2D eigenvalue weighted by Gasteiger charge is -2.07. The van der Waals surface area contributed by atoms with E-state index in [1.807, 2.05) is 0 Å². The maximum Gasteiger partial charge on any atom is 0.479 e. The van der Waals surface area contributed by atoms with Gasteiger partial charge in [-0.15, -0.1) is 0 Å². The summed E-state index contributed by atoms with van der Waals surface area (Å²) in [6, 6.07) is 0. The molecule has 0 radical (unpaired) electrons. The lowest BCUT2D eigenvalue weighted by molar-refractivity contribution is 0.298.